The highest BCUT2D eigenvalue weighted by atomic mass is 35.5. The van der Waals surface area contributed by atoms with Gasteiger partial charge in [0.25, 0.3) is 10.0 Å². The molecule has 0 radical (unpaired) electrons. The summed E-state index contributed by atoms with van der Waals surface area (Å²) in [5.41, 5.74) is 1.07. The van der Waals surface area contributed by atoms with Gasteiger partial charge in [0.05, 0.1) is 17.2 Å². The topological polar surface area (TPSA) is 96.0 Å². The van der Waals surface area contributed by atoms with Gasteiger partial charge in [-0.05, 0) is 81.8 Å². The molecule has 0 aliphatic heterocycles. The molecular weight excluding hydrogens is 538 g/mol. The maximum absolute atomic E-state index is 13.8. The van der Waals surface area contributed by atoms with E-state index in [0.29, 0.717) is 23.1 Å². The molecule has 1 atom stereocenters. The molecule has 0 aliphatic carbocycles. The number of amides is 2. The van der Waals surface area contributed by atoms with E-state index < -0.39 is 28.5 Å². The van der Waals surface area contributed by atoms with Gasteiger partial charge >= 0.3 is 0 Å². The smallest absolute Gasteiger partial charge is 0.264 e. The van der Waals surface area contributed by atoms with E-state index >= 15 is 0 Å². The van der Waals surface area contributed by atoms with E-state index in [0.717, 1.165) is 9.87 Å². The number of anilines is 1. The van der Waals surface area contributed by atoms with Crippen LogP contribution < -0.4 is 14.4 Å². The molecule has 1 N–H and O–H groups in total. The molecule has 0 aliphatic rings. The van der Waals surface area contributed by atoms with E-state index in [-0.39, 0.29) is 23.4 Å². The minimum Gasteiger partial charge on any atom is -0.494 e. The maximum atomic E-state index is 13.8. The van der Waals surface area contributed by atoms with Crippen molar-refractivity contribution in [1.29, 1.82) is 0 Å². The lowest BCUT2D eigenvalue weighted by Gasteiger charge is -2.32. The van der Waals surface area contributed by atoms with Crippen LogP contribution >= 0.6 is 11.6 Å². The highest BCUT2D eigenvalue weighted by Crippen LogP contribution is 2.26. The van der Waals surface area contributed by atoms with E-state index in [9.17, 15) is 18.0 Å². The van der Waals surface area contributed by atoms with Gasteiger partial charge in [-0.25, -0.2) is 8.42 Å². The summed E-state index contributed by atoms with van der Waals surface area (Å²) in [4.78, 5) is 28.2. The van der Waals surface area contributed by atoms with E-state index in [2.05, 4.69) is 5.32 Å². The van der Waals surface area contributed by atoms with Gasteiger partial charge in [-0.2, -0.15) is 0 Å². The lowest BCUT2D eigenvalue weighted by molar-refractivity contribution is -0.139. The third kappa shape index (κ3) is 7.97. The quantitative estimate of drug-likeness (QED) is 0.334. The highest BCUT2D eigenvalue weighted by Gasteiger charge is 2.32. The Morgan fingerprint density at radius 2 is 1.54 bits per heavy atom. The number of sulfonamides is 1. The monoisotopic (exact) mass is 571 g/mol. The zero-order chi connectivity index (χ0) is 28.6. The Balaban J connectivity index is 1.99. The first-order valence-electron chi connectivity index (χ1n) is 12.7. The molecule has 0 saturated heterocycles. The van der Waals surface area contributed by atoms with Gasteiger partial charge in [0.2, 0.25) is 11.8 Å². The largest absolute Gasteiger partial charge is 0.494 e. The van der Waals surface area contributed by atoms with E-state index in [1.807, 2.05) is 20.8 Å². The molecule has 10 heteroatoms. The van der Waals surface area contributed by atoms with Crippen LogP contribution in [0.5, 0.6) is 5.75 Å². The number of rotatable bonds is 12. The van der Waals surface area contributed by atoms with Gasteiger partial charge in [0.15, 0.2) is 0 Å². The summed E-state index contributed by atoms with van der Waals surface area (Å²) in [6, 6.07) is 20.4. The molecule has 0 unspecified atom stereocenters. The summed E-state index contributed by atoms with van der Waals surface area (Å²) in [5, 5.41) is 3.37. The first-order valence-corrected chi connectivity index (χ1v) is 14.5. The first-order chi connectivity index (χ1) is 18.5. The lowest BCUT2D eigenvalue weighted by atomic mass is 10.1. The molecule has 208 valence electrons. The number of ether oxygens (including phenoxy) is 1. The number of carbonyl (C=O) groups excluding carboxylic acids is 2. The van der Waals surface area contributed by atoms with Crippen molar-refractivity contribution in [3.8, 4) is 5.75 Å². The minimum absolute atomic E-state index is 0.0115. The summed E-state index contributed by atoms with van der Waals surface area (Å²) in [6.45, 7) is 7.15. The molecule has 3 aromatic carbocycles. The molecule has 8 nitrogen and oxygen atoms in total. The van der Waals surface area contributed by atoms with Gasteiger partial charge in [-0.3, -0.25) is 13.9 Å². The molecule has 0 spiro atoms. The van der Waals surface area contributed by atoms with Crippen molar-refractivity contribution < 1.29 is 22.7 Å². The summed E-state index contributed by atoms with van der Waals surface area (Å²) in [6.07, 6.45) is 0. The maximum Gasteiger partial charge on any atom is 0.264 e. The predicted molar refractivity (Wildman–Crippen MR) is 153 cm³/mol. The molecule has 2 amide bonds. The molecule has 39 heavy (non-hydrogen) atoms. The Hall–Kier alpha value is -3.56. The molecule has 3 aromatic rings. The van der Waals surface area contributed by atoms with Crippen molar-refractivity contribution in [2.75, 3.05) is 17.5 Å². The number of nitrogens with one attached hydrogen (secondary N) is 1. The second-order valence-electron chi connectivity index (χ2n) is 9.24. The Morgan fingerprint density at radius 3 is 2.10 bits per heavy atom. The molecule has 3 rings (SSSR count). The lowest BCUT2D eigenvalue weighted by Crippen LogP contribution is -2.52. The van der Waals surface area contributed by atoms with Gasteiger partial charge < -0.3 is 15.0 Å². The Morgan fingerprint density at radius 1 is 0.923 bits per heavy atom. The van der Waals surface area contributed by atoms with Crippen molar-refractivity contribution >= 4 is 39.1 Å². The summed E-state index contributed by atoms with van der Waals surface area (Å²) in [7, 11) is -4.15. The number of carbonyl (C=O) groups is 2. The van der Waals surface area contributed by atoms with Crippen LogP contribution in [0.2, 0.25) is 5.02 Å². The third-order valence-electron chi connectivity index (χ3n) is 5.91. The molecule has 0 heterocycles. The molecule has 0 fully saturated rings. The van der Waals surface area contributed by atoms with Crippen LogP contribution in [-0.2, 0) is 26.2 Å². The fraction of sp³-hybridized carbons (Fsp3) is 0.310. The van der Waals surface area contributed by atoms with Gasteiger partial charge in [0.1, 0.15) is 18.3 Å². The highest BCUT2D eigenvalue weighted by molar-refractivity contribution is 7.92. The SMILES string of the molecule is CCOc1ccc(S(=O)(=O)N(CC(=O)N(Cc2ccc(Cl)cc2)[C@H](C)C(=O)NC(C)C)c2ccccc2)cc1. The molecule has 0 bridgehead atoms. The number of halogens is 1. The number of nitrogens with zero attached hydrogens (tertiary/aromatic N) is 2. The van der Waals surface area contributed by atoms with Crippen molar-refractivity contribution in [3.63, 3.8) is 0 Å². The number of para-hydroxylation sites is 1. The zero-order valence-corrected chi connectivity index (χ0v) is 24.1. The van der Waals surface area contributed by atoms with Crippen LogP contribution in [0.4, 0.5) is 5.69 Å². The van der Waals surface area contributed by atoms with Gasteiger partial charge in [0, 0.05) is 17.6 Å². The van der Waals surface area contributed by atoms with Crippen LogP contribution in [-0.4, -0.2) is 50.4 Å². The fourth-order valence-electron chi connectivity index (χ4n) is 3.90. The third-order valence-corrected chi connectivity index (χ3v) is 7.95. The van der Waals surface area contributed by atoms with E-state index in [4.69, 9.17) is 16.3 Å². The zero-order valence-electron chi connectivity index (χ0n) is 22.5. The number of hydrogen-bond acceptors (Lipinski definition) is 5. The summed E-state index contributed by atoms with van der Waals surface area (Å²) in [5.74, 6) is -0.333. The van der Waals surface area contributed by atoms with Gasteiger partial charge in [-0.1, -0.05) is 41.9 Å². The molecular formula is C29H34ClN3O5S. The van der Waals surface area contributed by atoms with Crippen LogP contribution in [0.15, 0.2) is 83.8 Å². The van der Waals surface area contributed by atoms with Gasteiger partial charge in [-0.15, -0.1) is 0 Å². The van der Waals surface area contributed by atoms with Crippen molar-refractivity contribution in [3.05, 3.63) is 89.4 Å². The second kappa shape index (κ2) is 13.5. The molecule has 0 aromatic heterocycles. The second-order valence-corrected chi connectivity index (χ2v) is 11.5. The standard InChI is InChI=1S/C29H34ClN3O5S/c1-5-38-26-15-17-27(18-16-26)39(36,37)33(25-9-7-6-8-10-25)20-28(34)32(22(4)29(35)31-21(2)3)19-23-11-13-24(30)14-12-23/h6-18,21-22H,5,19-20H2,1-4H3,(H,31,35)/t22-/m1/s1. The fourth-order valence-corrected chi connectivity index (χ4v) is 5.44. The summed E-state index contributed by atoms with van der Waals surface area (Å²) >= 11 is 6.03. The Bertz CT molecular complexity index is 1350. The van der Waals surface area contributed by atoms with Crippen molar-refractivity contribution in [1.82, 2.24) is 10.2 Å². The number of benzene rings is 3. The Kier molecular flexibility index (Phi) is 10.4. The average Bonchev–Trinajstić information content (AvgIpc) is 2.91. The van der Waals surface area contributed by atoms with Crippen LogP contribution in [0.1, 0.15) is 33.3 Å². The summed E-state index contributed by atoms with van der Waals surface area (Å²) < 4.78 is 34.2. The normalized spacial score (nSPS) is 12.1. The van der Waals surface area contributed by atoms with Crippen LogP contribution in [0, 0.1) is 0 Å². The van der Waals surface area contributed by atoms with E-state index in [1.165, 1.54) is 17.0 Å². The predicted octanol–water partition coefficient (Wildman–Crippen LogP) is 4.88. The van der Waals surface area contributed by atoms with Crippen molar-refractivity contribution in [2.24, 2.45) is 0 Å². The van der Waals surface area contributed by atoms with Crippen LogP contribution in [0.3, 0.4) is 0 Å². The van der Waals surface area contributed by atoms with E-state index in [1.54, 1.807) is 73.7 Å². The van der Waals surface area contributed by atoms with Crippen LogP contribution in [0.25, 0.3) is 0 Å². The first kappa shape index (κ1) is 30.0. The average molecular weight is 572 g/mol. The number of hydrogen-bond donors (Lipinski definition) is 1. The van der Waals surface area contributed by atoms with Crippen molar-refractivity contribution in [2.45, 2.75) is 51.2 Å². The minimum atomic E-state index is -4.15. The Labute approximate surface area is 235 Å². The molecule has 0 saturated carbocycles.